The van der Waals surface area contributed by atoms with Crippen LogP contribution in [0.25, 0.3) is 0 Å². The number of fused-ring (bicyclic) bond motifs is 5. The van der Waals surface area contributed by atoms with Crippen LogP contribution in [0.4, 0.5) is 0 Å². The molecule has 0 aliphatic heterocycles. The van der Waals surface area contributed by atoms with E-state index >= 15 is 0 Å². The molecule has 0 saturated heterocycles. The molecule has 36 heavy (non-hydrogen) atoms. The predicted octanol–water partition coefficient (Wildman–Crippen LogP) is 2.19. The molecule has 0 radical (unpaired) electrons. The summed E-state index contributed by atoms with van der Waals surface area (Å²) < 4.78 is 5.86. The van der Waals surface area contributed by atoms with Crippen molar-refractivity contribution in [3.05, 3.63) is 11.6 Å². The van der Waals surface area contributed by atoms with Crippen molar-refractivity contribution in [3.63, 3.8) is 0 Å². The molecular formula is C27H40O9. The van der Waals surface area contributed by atoms with Crippen molar-refractivity contribution in [2.75, 3.05) is 6.61 Å². The minimum Gasteiger partial charge on any atom is -0.481 e. The zero-order valence-electron chi connectivity index (χ0n) is 21.7. The molecule has 4 rings (SSSR count). The highest BCUT2D eigenvalue weighted by atomic mass is 16.5. The van der Waals surface area contributed by atoms with E-state index in [4.69, 9.17) is 14.6 Å². The number of ether oxygens (including phenoxy) is 1. The van der Waals surface area contributed by atoms with E-state index in [-0.39, 0.29) is 55.2 Å². The fraction of sp³-hybridized carbons (Fsp3) is 0.778. The average Bonchev–Trinajstić information content (AvgIpc) is 3.05. The molecule has 4 N–H and O–H groups in total. The fourth-order valence-electron chi connectivity index (χ4n) is 7.88. The molecule has 3 saturated carbocycles. The summed E-state index contributed by atoms with van der Waals surface area (Å²) in [5.74, 6) is -2.01. The van der Waals surface area contributed by atoms with Crippen LogP contribution in [-0.4, -0.2) is 68.3 Å². The Hall–Kier alpha value is -2.10. The van der Waals surface area contributed by atoms with Crippen molar-refractivity contribution < 1.29 is 44.3 Å². The first-order valence-corrected chi connectivity index (χ1v) is 12.9. The largest absolute Gasteiger partial charge is 0.481 e. The van der Waals surface area contributed by atoms with Gasteiger partial charge in [-0.3, -0.25) is 19.2 Å². The van der Waals surface area contributed by atoms with Gasteiger partial charge in [-0.25, -0.2) is 0 Å². The fourth-order valence-corrected chi connectivity index (χ4v) is 7.88. The number of carbonyl (C=O) groups is 4. The van der Waals surface area contributed by atoms with Crippen molar-refractivity contribution in [2.45, 2.75) is 96.9 Å². The Bertz CT molecular complexity index is 938. The minimum atomic E-state index is -1.65. The van der Waals surface area contributed by atoms with Crippen molar-refractivity contribution in [2.24, 2.45) is 28.6 Å². The van der Waals surface area contributed by atoms with Crippen LogP contribution in [0.1, 0.15) is 79.1 Å². The number of aliphatic carboxylic acids is 1. The minimum absolute atomic E-state index is 0.000559. The third-order valence-electron chi connectivity index (χ3n) is 9.46. The number of aliphatic hydroxyl groups excluding tert-OH is 2. The first kappa shape index (κ1) is 28.5. The van der Waals surface area contributed by atoms with Crippen LogP contribution in [0.3, 0.4) is 0 Å². The lowest BCUT2D eigenvalue weighted by atomic mass is 9.44. The highest BCUT2D eigenvalue weighted by Crippen LogP contribution is 2.67. The average molecular weight is 509 g/mol. The van der Waals surface area contributed by atoms with E-state index in [1.54, 1.807) is 6.08 Å². The number of carboxylic acid groups (broad SMARTS) is 1. The molecule has 0 heterocycles. The van der Waals surface area contributed by atoms with E-state index in [1.807, 2.05) is 20.8 Å². The molecule has 4 aliphatic rings. The molecule has 1 unspecified atom stereocenters. The van der Waals surface area contributed by atoms with Gasteiger partial charge in [-0.2, -0.15) is 0 Å². The number of ketones is 2. The van der Waals surface area contributed by atoms with Gasteiger partial charge in [-0.15, -0.1) is 0 Å². The van der Waals surface area contributed by atoms with E-state index in [9.17, 15) is 29.7 Å². The first-order chi connectivity index (χ1) is 16.8. The quantitative estimate of drug-likeness (QED) is 0.408. The normalized spacial score (nSPS) is 41.0. The molecule has 0 bridgehead atoms. The molecule has 9 nitrogen and oxygen atoms in total. The number of carbonyl (C=O) groups excluding carboxylic acids is 3. The van der Waals surface area contributed by atoms with Crippen LogP contribution < -0.4 is 0 Å². The maximum absolute atomic E-state index is 12.5. The molecule has 0 spiro atoms. The molecule has 0 aromatic heterocycles. The number of carboxylic acids is 1. The zero-order valence-corrected chi connectivity index (χ0v) is 21.7. The molecule has 0 aromatic rings. The van der Waals surface area contributed by atoms with Crippen LogP contribution in [0, 0.1) is 28.6 Å². The van der Waals surface area contributed by atoms with E-state index < -0.39 is 47.0 Å². The van der Waals surface area contributed by atoms with Crippen LogP contribution in [0.2, 0.25) is 0 Å². The standard InChI is InChI=1S/C25H36O7.C2H4O2/c1-4-5-21(30)32-20-11-15(27)10-14-6-7-16-17-8-9-25(31,19(29)13-26)23(17,2)12-18(28)22(16)24(14,20)3;1-2(3)4/h10,16-18,20,22,26,28,31H,4-9,11-13H2,1-3H3;1H3,(H,3,4)/t16-,17-,18-,20?,22+,23-,24+,25-;/m0./s1. The molecule has 0 amide bonds. The van der Waals surface area contributed by atoms with Crippen molar-refractivity contribution in [3.8, 4) is 0 Å². The Morgan fingerprint density at radius 3 is 2.42 bits per heavy atom. The van der Waals surface area contributed by atoms with Gasteiger partial charge in [0.2, 0.25) is 0 Å². The van der Waals surface area contributed by atoms with Gasteiger partial charge in [0.15, 0.2) is 11.6 Å². The summed E-state index contributed by atoms with van der Waals surface area (Å²) >= 11 is 0. The van der Waals surface area contributed by atoms with Crippen LogP contribution in [0.5, 0.6) is 0 Å². The summed E-state index contributed by atoms with van der Waals surface area (Å²) in [5.41, 5.74) is -2.20. The van der Waals surface area contributed by atoms with E-state index in [1.165, 1.54) is 0 Å². The number of hydrogen-bond donors (Lipinski definition) is 4. The maximum Gasteiger partial charge on any atom is 0.306 e. The van der Waals surface area contributed by atoms with Gasteiger partial charge in [0.1, 0.15) is 18.3 Å². The Morgan fingerprint density at radius 2 is 1.83 bits per heavy atom. The van der Waals surface area contributed by atoms with E-state index in [2.05, 4.69) is 0 Å². The second kappa shape index (κ2) is 10.3. The van der Waals surface area contributed by atoms with Gasteiger partial charge in [-0.05, 0) is 56.4 Å². The monoisotopic (exact) mass is 508 g/mol. The van der Waals surface area contributed by atoms with Crippen LogP contribution >= 0.6 is 0 Å². The summed E-state index contributed by atoms with van der Waals surface area (Å²) in [6.45, 7) is 6.15. The van der Waals surface area contributed by atoms with Gasteiger partial charge in [-0.1, -0.05) is 26.3 Å². The van der Waals surface area contributed by atoms with Crippen LogP contribution in [-0.2, 0) is 23.9 Å². The summed E-state index contributed by atoms with van der Waals surface area (Å²) in [5, 5.41) is 39.7. The van der Waals surface area contributed by atoms with Crippen molar-refractivity contribution in [1.29, 1.82) is 0 Å². The molecule has 0 aromatic carbocycles. The van der Waals surface area contributed by atoms with Gasteiger partial charge >= 0.3 is 5.97 Å². The van der Waals surface area contributed by atoms with Crippen molar-refractivity contribution >= 4 is 23.5 Å². The Kier molecular flexibility index (Phi) is 8.18. The zero-order chi connectivity index (χ0) is 27.1. The molecule has 9 heteroatoms. The predicted molar refractivity (Wildman–Crippen MR) is 129 cm³/mol. The summed E-state index contributed by atoms with van der Waals surface area (Å²) in [6, 6.07) is 0. The number of hydrogen-bond acceptors (Lipinski definition) is 8. The Morgan fingerprint density at radius 1 is 1.19 bits per heavy atom. The van der Waals surface area contributed by atoms with Crippen molar-refractivity contribution in [1.82, 2.24) is 0 Å². The second-order valence-corrected chi connectivity index (χ2v) is 11.4. The van der Waals surface area contributed by atoms with Gasteiger partial charge < -0.3 is 25.2 Å². The number of Topliss-reactive ketones (excluding diaryl/α,β-unsaturated/α-hetero) is 1. The number of esters is 1. The summed E-state index contributed by atoms with van der Waals surface area (Å²) in [6.07, 6.45) is 3.84. The molecule has 202 valence electrons. The third kappa shape index (κ3) is 4.54. The van der Waals surface area contributed by atoms with E-state index in [0.29, 0.717) is 19.3 Å². The SMILES string of the molecule is CC(=O)O.CCCC(=O)OC1CC(=O)C=C2CC[C@@H]3[C@H]([C@@H](O)C[C@@]4(C)[C@H]3CC[C@]4(O)C(=O)CO)[C@]21C. The number of rotatable bonds is 5. The summed E-state index contributed by atoms with van der Waals surface area (Å²) in [4.78, 5) is 46.4. The maximum atomic E-state index is 12.5. The van der Waals surface area contributed by atoms with E-state index in [0.717, 1.165) is 18.9 Å². The lowest BCUT2D eigenvalue weighted by Crippen LogP contribution is -2.64. The molecular weight excluding hydrogens is 468 g/mol. The van der Waals surface area contributed by atoms with Gasteiger partial charge in [0, 0.05) is 36.5 Å². The summed E-state index contributed by atoms with van der Waals surface area (Å²) in [7, 11) is 0. The highest BCUT2D eigenvalue weighted by molar-refractivity contribution is 5.92. The number of aliphatic hydroxyl groups is 3. The van der Waals surface area contributed by atoms with Gasteiger partial charge in [0.05, 0.1) is 6.10 Å². The van der Waals surface area contributed by atoms with Gasteiger partial charge in [0.25, 0.3) is 5.97 Å². The third-order valence-corrected chi connectivity index (χ3v) is 9.46. The van der Waals surface area contributed by atoms with Crippen LogP contribution in [0.15, 0.2) is 11.6 Å². The Labute approximate surface area is 211 Å². The lowest BCUT2D eigenvalue weighted by Gasteiger charge is -2.61. The topological polar surface area (TPSA) is 158 Å². The molecule has 8 atom stereocenters. The lowest BCUT2D eigenvalue weighted by molar-refractivity contribution is -0.197. The highest BCUT2D eigenvalue weighted by Gasteiger charge is 2.69. The smallest absolute Gasteiger partial charge is 0.306 e. The Balaban J connectivity index is 0.000000840. The molecule has 4 aliphatic carbocycles. The second-order valence-electron chi connectivity index (χ2n) is 11.4. The molecule has 3 fully saturated rings. The first-order valence-electron chi connectivity index (χ1n) is 12.9.